The maximum Gasteiger partial charge on any atom is 0.281 e. The van der Waals surface area contributed by atoms with Gasteiger partial charge in [0.25, 0.3) is 5.56 Å². The Labute approximate surface area is 145 Å². The van der Waals surface area contributed by atoms with E-state index in [1.54, 1.807) is 9.08 Å². The number of imidazole rings is 1. The number of likely N-dealkylation sites (N-methyl/N-ethyl adjacent to an activating group) is 1. The van der Waals surface area contributed by atoms with Crippen LogP contribution in [0.25, 0.3) is 28.1 Å². The number of hydrogen-bond donors (Lipinski definition) is 0. The molecular formula is C19H19N5O. The molecule has 0 N–H and O–H groups in total. The van der Waals surface area contributed by atoms with Gasteiger partial charge >= 0.3 is 0 Å². The van der Waals surface area contributed by atoms with Gasteiger partial charge < -0.3 is 4.90 Å². The first kappa shape index (κ1) is 15.5. The monoisotopic (exact) mass is 333 g/mol. The second kappa shape index (κ2) is 6.14. The second-order valence-electron chi connectivity index (χ2n) is 6.29. The molecule has 0 atom stereocenters. The lowest BCUT2D eigenvalue weighted by Gasteiger charge is -2.13. The summed E-state index contributed by atoms with van der Waals surface area (Å²) in [6, 6.07) is 17.4. The molecule has 6 heteroatoms. The van der Waals surface area contributed by atoms with E-state index in [-0.39, 0.29) is 5.56 Å². The second-order valence-corrected chi connectivity index (χ2v) is 6.29. The lowest BCUT2D eigenvalue weighted by atomic mass is 10.2. The van der Waals surface area contributed by atoms with E-state index in [9.17, 15) is 4.79 Å². The zero-order valence-electron chi connectivity index (χ0n) is 14.3. The van der Waals surface area contributed by atoms with E-state index in [0.717, 1.165) is 23.1 Å². The van der Waals surface area contributed by atoms with Gasteiger partial charge in [0.15, 0.2) is 5.69 Å². The van der Waals surface area contributed by atoms with Crippen LogP contribution in [-0.2, 0) is 6.54 Å². The SMILES string of the molecule is CN(C)CCn1c(=O)c(-c2ccccc2)nn2c3ccccc3nc12. The molecule has 126 valence electrons. The molecule has 2 heterocycles. The largest absolute Gasteiger partial charge is 0.308 e. The number of aromatic nitrogens is 4. The molecule has 0 aliphatic rings. The number of fused-ring (bicyclic) bond motifs is 3. The molecule has 0 spiro atoms. The maximum atomic E-state index is 13.1. The Hall–Kier alpha value is -2.99. The molecular weight excluding hydrogens is 314 g/mol. The first-order valence-corrected chi connectivity index (χ1v) is 8.23. The number of para-hydroxylation sites is 2. The summed E-state index contributed by atoms with van der Waals surface area (Å²) in [5.41, 5.74) is 2.86. The quantitative estimate of drug-likeness (QED) is 0.575. The first-order valence-electron chi connectivity index (χ1n) is 8.23. The van der Waals surface area contributed by atoms with Crippen molar-refractivity contribution in [1.29, 1.82) is 0 Å². The van der Waals surface area contributed by atoms with E-state index in [0.29, 0.717) is 18.0 Å². The van der Waals surface area contributed by atoms with Gasteiger partial charge in [0.2, 0.25) is 5.78 Å². The van der Waals surface area contributed by atoms with Crippen LogP contribution in [0.3, 0.4) is 0 Å². The lowest BCUT2D eigenvalue weighted by Crippen LogP contribution is -2.30. The van der Waals surface area contributed by atoms with Gasteiger partial charge in [-0.3, -0.25) is 9.36 Å². The summed E-state index contributed by atoms with van der Waals surface area (Å²) >= 11 is 0. The summed E-state index contributed by atoms with van der Waals surface area (Å²) in [4.78, 5) is 19.8. The summed E-state index contributed by atoms with van der Waals surface area (Å²) in [6.07, 6.45) is 0. The Bertz CT molecular complexity index is 1100. The Morgan fingerprint density at radius 2 is 1.72 bits per heavy atom. The van der Waals surface area contributed by atoms with Crippen molar-refractivity contribution in [3.63, 3.8) is 0 Å². The third-order valence-electron chi connectivity index (χ3n) is 4.23. The molecule has 6 nitrogen and oxygen atoms in total. The molecule has 4 rings (SSSR count). The van der Waals surface area contributed by atoms with Gasteiger partial charge in [-0.05, 0) is 26.2 Å². The fourth-order valence-electron chi connectivity index (χ4n) is 2.91. The predicted octanol–water partition coefficient (Wildman–Crippen LogP) is 2.27. The van der Waals surface area contributed by atoms with Crippen LogP contribution in [0.1, 0.15) is 0 Å². The van der Waals surface area contributed by atoms with Crippen molar-refractivity contribution in [3.05, 3.63) is 65.0 Å². The van der Waals surface area contributed by atoms with Gasteiger partial charge in [-0.15, -0.1) is 0 Å². The van der Waals surface area contributed by atoms with E-state index < -0.39 is 0 Å². The van der Waals surface area contributed by atoms with Crippen LogP contribution >= 0.6 is 0 Å². The topological polar surface area (TPSA) is 55.4 Å². The van der Waals surface area contributed by atoms with Crippen LogP contribution < -0.4 is 5.56 Å². The van der Waals surface area contributed by atoms with E-state index >= 15 is 0 Å². The van der Waals surface area contributed by atoms with Crippen LogP contribution in [-0.4, -0.2) is 44.7 Å². The first-order chi connectivity index (χ1) is 12.1. The van der Waals surface area contributed by atoms with E-state index in [2.05, 4.69) is 10.1 Å². The Balaban J connectivity index is 2.04. The molecule has 0 amide bonds. The lowest BCUT2D eigenvalue weighted by molar-refractivity contribution is 0.382. The van der Waals surface area contributed by atoms with Crippen molar-refractivity contribution in [2.24, 2.45) is 0 Å². The molecule has 0 saturated heterocycles. The van der Waals surface area contributed by atoms with Crippen molar-refractivity contribution >= 4 is 16.8 Å². The van der Waals surface area contributed by atoms with Crippen molar-refractivity contribution in [2.75, 3.05) is 20.6 Å². The molecule has 0 aliphatic carbocycles. The van der Waals surface area contributed by atoms with Crippen LogP contribution in [0.2, 0.25) is 0 Å². The Kier molecular flexibility index (Phi) is 3.82. The Morgan fingerprint density at radius 3 is 2.48 bits per heavy atom. The summed E-state index contributed by atoms with van der Waals surface area (Å²) in [5, 5.41) is 4.63. The molecule has 0 fully saturated rings. The van der Waals surface area contributed by atoms with Gasteiger partial charge in [-0.2, -0.15) is 9.61 Å². The van der Waals surface area contributed by atoms with Crippen molar-refractivity contribution in [2.45, 2.75) is 6.54 Å². The molecule has 0 aliphatic heterocycles. The fraction of sp³-hybridized carbons (Fsp3) is 0.211. The minimum absolute atomic E-state index is 0.115. The molecule has 2 aromatic heterocycles. The molecule has 0 saturated carbocycles. The minimum Gasteiger partial charge on any atom is -0.308 e. The number of hydrogen-bond acceptors (Lipinski definition) is 4. The van der Waals surface area contributed by atoms with Crippen molar-refractivity contribution in [3.8, 4) is 11.3 Å². The van der Waals surface area contributed by atoms with Gasteiger partial charge in [-0.1, -0.05) is 42.5 Å². The number of nitrogens with zero attached hydrogens (tertiary/aromatic N) is 5. The normalized spacial score (nSPS) is 11.6. The zero-order valence-corrected chi connectivity index (χ0v) is 14.3. The average molecular weight is 333 g/mol. The van der Waals surface area contributed by atoms with E-state index in [1.807, 2.05) is 73.6 Å². The van der Waals surface area contributed by atoms with E-state index in [1.165, 1.54) is 0 Å². The molecule has 0 radical (unpaired) electrons. The van der Waals surface area contributed by atoms with Crippen LogP contribution in [0.5, 0.6) is 0 Å². The van der Waals surface area contributed by atoms with Gasteiger partial charge in [-0.25, -0.2) is 4.98 Å². The highest BCUT2D eigenvalue weighted by Crippen LogP contribution is 2.18. The van der Waals surface area contributed by atoms with Crippen molar-refractivity contribution in [1.82, 2.24) is 24.1 Å². The highest BCUT2D eigenvalue weighted by atomic mass is 16.1. The number of rotatable bonds is 4. The molecule has 2 aromatic carbocycles. The predicted molar refractivity (Wildman–Crippen MR) is 98.7 cm³/mol. The van der Waals surface area contributed by atoms with Gasteiger partial charge in [0, 0.05) is 18.7 Å². The molecule has 0 bridgehead atoms. The fourth-order valence-corrected chi connectivity index (χ4v) is 2.91. The third kappa shape index (κ3) is 2.70. The Morgan fingerprint density at radius 1 is 1.00 bits per heavy atom. The maximum absolute atomic E-state index is 13.1. The van der Waals surface area contributed by atoms with Gasteiger partial charge in [0.05, 0.1) is 11.0 Å². The molecule has 4 aromatic rings. The van der Waals surface area contributed by atoms with Crippen LogP contribution in [0.15, 0.2) is 59.4 Å². The average Bonchev–Trinajstić information content (AvgIpc) is 2.99. The molecule has 25 heavy (non-hydrogen) atoms. The standard InChI is InChI=1S/C19H19N5O/c1-22(2)12-13-23-18(25)17(14-8-4-3-5-9-14)21-24-16-11-7-6-10-15(16)20-19(23)24/h3-11H,12-13H2,1-2H3. The molecule has 0 unspecified atom stereocenters. The number of benzene rings is 2. The van der Waals surface area contributed by atoms with E-state index in [4.69, 9.17) is 0 Å². The van der Waals surface area contributed by atoms with Crippen LogP contribution in [0.4, 0.5) is 0 Å². The summed E-state index contributed by atoms with van der Waals surface area (Å²) in [7, 11) is 3.98. The minimum atomic E-state index is -0.115. The highest BCUT2D eigenvalue weighted by molar-refractivity contribution is 5.79. The zero-order chi connectivity index (χ0) is 17.4. The summed E-state index contributed by atoms with van der Waals surface area (Å²) in [5.74, 6) is 0.577. The highest BCUT2D eigenvalue weighted by Gasteiger charge is 2.16. The van der Waals surface area contributed by atoms with Crippen molar-refractivity contribution < 1.29 is 0 Å². The summed E-state index contributed by atoms with van der Waals surface area (Å²) < 4.78 is 3.49. The van der Waals surface area contributed by atoms with Gasteiger partial charge in [0.1, 0.15) is 0 Å². The smallest absolute Gasteiger partial charge is 0.281 e. The third-order valence-corrected chi connectivity index (χ3v) is 4.23. The summed E-state index contributed by atoms with van der Waals surface area (Å²) in [6.45, 7) is 1.30. The van der Waals surface area contributed by atoms with Crippen LogP contribution in [0, 0.1) is 0 Å².